The van der Waals surface area contributed by atoms with Gasteiger partial charge < -0.3 is 9.47 Å². The van der Waals surface area contributed by atoms with Gasteiger partial charge in [-0.2, -0.15) is 0 Å². The standard InChI is InChI=1S/C25H26N2O4S/c1-4-14-30-20-12-10-19(11-13-20)22-21(24(29)31-15-18-8-6-5-7-9-18)16(2)26-25-27(22)23(28)17(3)32-25/h5-13,17,22H,4,14-15H2,1-3H3. The molecule has 6 nitrogen and oxygen atoms in total. The lowest BCUT2D eigenvalue weighted by Gasteiger charge is -2.33. The maximum Gasteiger partial charge on any atom is 0.338 e. The molecule has 166 valence electrons. The third kappa shape index (κ3) is 4.43. The lowest BCUT2D eigenvalue weighted by molar-refractivity contribution is -0.141. The summed E-state index contributed by atoms with van der Waals surface area (Å²) in [4.78, 5) is 32.4. The van der Waals surface area contributed by atoms with E-state index < -0.39 is 12.0 Å². The number of amides is 1. The zero-order valence-corrected chi connectivity index (χ0v) is 19.2. The van der Waals surface area contributed by atoms with Gasteiger partial charge in [-0.05, 0) is 43.5 Å². The van der Waals surface area contributed by atoms with E-state index in [1.807, 2.05) is 61.5 Å². The Hall–Kier alpha value is -3.06. The molecule has 0 N–H and O–H groups in total. The van der Waals surface area contributed by atoms with Crippen LogP contribution in [0, 0.1) is 0 Å². The molecule has 2 aromatic carbocycles. The van der Waals surface area contributed by atoms with E-state index in [4.69, 9.17) is 9.47 Å². The summed E-state index contributed by atoms with van der Waals surface area (Å²) in [7, 11) is 0. The van der Waals surface area contributed by atoms with Crippen LogP contribution < -0.4 is 4.74 Å². The van der Waals surface area contributed by atoms with E-state index >= 15 is 0 Å². The number of rotatable bonds is 7. The highest BCUT2D eigenvalue weighted by molar-refractivity contribution is 8.15. The van der Waals surface area contributed by atoms with Gasteiger partial charge >= 0.3 is 5.97 Å². The number of amidine groups is 1. The summed E-state index contributed by atoms with van der Waals surface area (Å²) in [6.07, 6.45) is 0.918. The predicted molar refractivity (Wildman–Crippen MR) is 125 cm³/mol. The summed E-state index contributed by atoms with van der Waals surface area (Å²) in [6.45, 7) is 6.49. The number of aliphatic imine (C=N–C) groups is 1. The molecule has 2 aliphatic heterocycles. The van der Waals surface area contributed by atoms with Crippen LogP contribution in [0.2, 0.25) is 0 Å². The highest BCUT2D eigenvalue weighted by atomic mass is 32.2. The molecule has 0 radical (unpaired) electrons. The van der Waals surface area contributed by atoms with Crippen molar-refractivity contribution in [2.75, 3.05) is 6.61 Å². The van der Waals surface area contributed by atoms with Gasteiger partial charge in [-0.25, -0.2) is 9.79 Å². The molecule has 0 spiro atoms. The van der Waals surface area contributed by atoms with E-state index in [1.54, 1.807) is 11.8 Å². The molecule has 32 heavy (non-hydrogen) atoms. The molecule has 1 amide bonds. The maximum absolute atomic E-state index is 13.2. The normalized spacial score (nSPS) is 20.2. The number of nitrogens with zero attached hydrogens (tertiary/aromatic N) is 2. The lowest BCUT2D eigenvalue weighted by atomic mass is 9.94. The summed E-state index contributed by atoms with van der Waals surface area (Å²) in [5.41, 5.74) is 2.67. The first kappa shape index (κ1) is 22.1. The monoisotopic (exact) mass is 450 g/mol. The van der Waals surface area contributed by atoms with Crippen molar-refractivity contribution in [3.05, 3.63) is 77.0 Å². The van der Waals surface area contributed by atoms with Gasteiger partial charge in [0.05, 0.1) is 29.2 Å². The largest absolute Gasteiger partial charge is 0.494 e. The van der Waals surface area contributed by atoms with Gasteiger partial charge in [-0.3, -0.25) is 9.69 Å². The van der Waals surface area contributed by atoms with Crippen LogP contribution >= 0.6 is 11.8 Å². The molecule has 0 bridgehead atoms. The highest BCUT2D eigenvalue weighted by Gasteiger charge is 2.46. The van der Waals surface area contributed by atoms with E-state index in [0.29, 0.717) is 23.0 Å². The van der Waals surface area contributed by atoms with Gasteiger partial charge in [0.25, 0.3) is 0 Å². The van der Waals surface area contributed by atoms with Crippen molar-refractivity contribution >= 4 is 28.8 Å². The number of hydrogen-bond donors (Lipinski definition) is 0. The molecule has 7 heteroatoms. The first-order valence-corrected chi connectivity index (χ1v) is 11.6. The molecule has 2 heterocycles. The number of carbonyl (C=O) groups excluding carboxylic acids is 2. The van der Waals surface area contributed by atoms with E-state index in [-0.39, 0.29) is 17.8 Å². The molecule has 2 aromatic rings. The molecular weight excluding hydrogens is 424 g/mol. The fourth-order valence-corrected chi connectivity index (χ4v) is 4.78. The Kier molecular flexibility index (Phi) is 6.65. The van der Waals surface area contributed by atoms with Gasteiger partial charge in [0.2, 0.25) is 5.91 Å². The molecule has 2 atom stereocenters. The third-order valence-corrected chi connectivity index (χ3v) is 6.41. The van der Waals surface area contributed by atoms with Crippen molar-refractivity contribution < 1.29 is 19.1 Å². The summed E-state index contributed by atoms with van der Waals surface area (Å²) in [5.74, 6) is 0.221. The van der Waals surface area contributed by atoms with E-state index in [9.17, 15) is 9.59 Å². The van der Waals surface area contributed by atoms with Crippen molar-refractivity contribution in [1.82, 2.24) is 4.90 Å². The Morgan fingerprint density at radius 1 is 1.12 bits per heavy atom. The van der Waals surface area contributed by atoms with Crippen LogP contribution in [-0.2, 0) is 20.9 Å². The van der Waals surface area contributed by atoms with Crippen LogP contribution in [-0.4, -0.2) is 33.8 Å². The first-order valence-electron chi connectivity index (χ1n) is 10.7. The number of fused-ring (bicyclic) bond motifs is 1. The number of thioether (sulfide) groups is 1. The van der Waals surface area contributed by atoms with Crippen LogP contribution in [0.1, 0.15) is 44.4 Å². The van der Waals surface area contributed by atoms with Gasteiger partial charge in [-0.15, -0.1) is 0 Å². The number of hydrogen-bond acceptors (Lipinski definition) is 6. The number of carbonyl (C=O) groups is 2. The minimum absolute atomic E-state index is 0.0640. The second-order valence-electron chi connectivity index (χ2n) is 7.74. The predicted octanol–water partition coefficient (Wildman–Crippen LogP) is 4.87. The third-order valence-electron chi connectivity index (χ3n) is 5.36. The molecule has 1 fully saturated rings. The Bertz CT molecular complexity index is 1060. The Morgan fingerprint density at radius 3 is 2.53 bits per heavy atom. The summed E-state index contributed by atoms with van der Waals surface area (Å²) in [5, 5.41) is 0.367. The minimum Gasteiger partial charge on any atom is -0.494 e. The van der Waals surface area contributed by atoms with Crippen molar-refractivity contribution in [2.45, 2.75) is 45.1 Å². The molecule has 1 saturated heterocycles. The molecule has 4 rings (SSSR count). The number of benzene rings is 2. The molecule has 0 saturated carbocycles. The molecular formula is C25H26N2O4S. The lowest BCUT2D eigenvalue weighted by Crippen LogP contribution is -2.40. The zero-order valence-electron chi connectivity index (χ0n) is 18.4. The first-order chi connectivity index (χ1) is 15.5. The zero-order chi connectivity index (χ0) is 22.7. The number of ether oxygens (including phenoxy) is 2. The van der Waals surface area contributed by atoms with Crippen LogP contribution in [0.15, 0.2) is 70.9 Å². The second kappa shape index (κ2) is 9.61. The van der Waals surface area contributed by atoms with Crippen molar-refractivity contribution in [3.63, 3.8) is 0 Å². The van der Waals surface area contributed by atoms with Crippen LogP contribution in [0.4, 0.5) is 0 Å². The SMILES string of the molecule is CCCOc1ccc(C2C(C(=O)OCc3ccccc3)=C(C)N=C3SC(C)C(=O)N32)cc1. The number of allylic oxidation sites excluding steroid dienone is 1. The molecule has 0 aliphatic carbocycles. The van der Waals surface area contributed by atoms with Crippen LogP contribution in [0.5, 0.6) is 5.75 Å². The average molecular weight is 451 g/mol. The Balaban J connectivity index is 1.66. The highest BCUT2D eigenvalue weighted by Crippen LogP contribution is 2.43. The van der Waals surface area contributed by atoms with Crippen molar-refractivity contribution in [3.8, 4) is 5.75 Å². The smallest absolute Gasteiger partial charge is 0.338 e. The Morgan fingerprint density at radius 2 is 1.84 bits per heavy atom. The minimum atomic E-state index is -0.587. The molecule has 2 unspecified atom stereocenters. The van der Waals surface area contributed by atoms with E-state index in [0.717, 1.165) is 23.3 Å². The van der Waals surface area contributed by atoms with Gasteiger partial charge in [0.15, 0.2) is 5.17 Å². The van der Waals surface area contributed by atoms with E-state index in [2.05, 4.69) is 11.9 Å². The molecule has 0 aromatic heterocycles. The molecule has 2 aliphatic rings. The fraction of sp³-hybridized carbons (Fsp3) is 0.320. The van der Waals surface area contributed by atoms with Crippen molar-refractivity contribution in [1.29, 1.82) is 0 Å². The van der Waals surface area contributed by atoms with Gasteiger partial charge in [-0.1, -0.05) is 61.2 Å². The van der Waals surface area contributed by atoms with Gasteiger partial charge in [0, 0.05) is 0 Å². The topological polar surface area (TPSA) is 68.2 Å². The van der Waals surface area contributed by atoms with E-state index in [1.165, 1.54) is 11.8 Å². The Labute approximate surface area is 192 Å². The fourth-order valence-electron chi connectivity index (χ4n) is 3.75. The number of esters is 1. The summed E-state index contributed by atoms with van der Waals surface area (Å²) in [6, 6.07) is 16.5. The van der Waals surface area contributed by atoms with Gasteiger partial charge in [0.1, 0.15) is 12.4 Å². The van der Waals surface area contributed by atoms with Crippen LogP contribution in [0.25, 0.3) is 0 Å². The quantitative estimate of drug-likeness (QED) is 0.563. The van der Waals surface area contributed by atoms with Crippen molar-refractivity contribution in [2.24, 2.45) is 4.99 Å². The summed E-state index contributed by atoms with van der Waals surface area (Å²) < 4.78 is 11.3. The van der Waals surface area contributed by atoms with Crippen LogP contribution in [0.3, 0.4) is 0 Å². The maximum atomic E-state index is 13.2. The second-order valence-corrected chi connectivity index (χ2v) is 9.05. The summed E-state index contributed by atoms with van der Waals surface area (Å²) >= 11 is 1.41. The average Bonchev–Trinajstić information content (AvgIpc) is 3.09.